The van der Waals surface area contributed by atoms with E-state index in [0.29, 0.717) is 34.0 Å². The molecule has 4 rings (SSSR count). The molecule has 0 radical (unpaired) electrons. The number of halogens is 3. The van der Waals surface area contributed by atoms with Crippen molar-refractivity contribution in [1.82, 2.24) is 15.4 Å². The maximum absolute atomic E-state index is 13.8. The Labute approximate surface area is 167 Å². The van der Waals surface area contributed by atoms with E-state index in [4.69, 9.17) is 9.26 Å². The van der Waals surface area contributed by atoms with E-state index in [-0.39, 0.29) is 11.6 Å². The van der Waals surface area contributed by atoms with Gasteiger partial charge in [-0.1, -0.05) is 5.16 Å². The number of aromatic amines is 1. The second-order valence-electron chi connectivity index (χ2n) is 6.54. The van der Waals surface area contributed by atoms with Gasteiger partial charge >= 0.3 is 0 Å². The highest BCUT2D eigenvalue weighted by Crippen LogP contribution is 2.27. The van der Waals surface area contributed by atoms with Crippen molar-refractivity contribution in [2.45, 2.75) is 20.5 Å². The van der Waals surface area contributed by atoms with E-state index in [9.17, 15) is 18.0 Å². The average molecular weight is 416 g/mol. The molecule has 4 aromatic rings. The van der Waals surface area contributed by atoms with E-state index >= 15 is 0 Å². The summed E-state index contributed by atoms with van der Waals surface area (Å²) < 4.78 is 51.4. The molecule has 0 aliphatic rings. The van der Waals surface area contributed by atoms with Gasteiger partial charge in [-0.15, -0.1) is 0 Å². The standard InChI is InChI=1S/C20H15F3N4O3/c1-9-17(10(2)30-27-9)20(28)24-19-12-7-11(3-6-16(12)25-26-19)29-8-13-14(21)4-5-15(22)18(13)23/h3-7H,8H2,1-2H3,(H2,24,25,26,28). The van der Waals surface area contributed by atoms with Gasteiger partial charge in [0.15, 0.2) is 17.5 Å². The van der Waals surface area contributed by atoms with Gasteiger partial charge in [-0.05, 0) is 44.2 Å². The van der Waals surface area contributed by atoms with Crippen LogP contribution in [-0.4, -0.2) is 21.3 Å². The van der Waals surface area contributed by atoms with Crippen LogP contribution in [0.15, 0.2) is 34.9 Å². The number of H-pyrrole nitrogens is 1. The number of fused-ring (bicyclic) bond motifs is 1. The Morgan fingerprint density at radius 3 is 2.67 bits per heavy atom. The molecule has 0 fully saturated rings. The van der Waals surface area contributed by atoms with E-state index in [2.05, 4.69) is 20.7 Å². The number of carbonyl (C=O) groups is 1. The number of nitrogens with zero attached hydrogens (tertiary/aromatic N) is 2. The summed E-state index contributed by atoms with van der Waals surface area (Å²) in [5, 5.41) is 13.8. The van der Waals surface area contributed by atoms with Gasteiger partial charge < -0.3 is 14.6 Å². The molecule has 0 spiro atoms. The van der Waals surface area contributed by atoms with Crippen LogP contribution >= 0.6 is 0 Å². The monoisotopic (exact) mass is 416 g/mol. The fourth-order valence-electron chi connectivity index (χ4n) is 3.01. The molecule has 2 N–H and O–H groups in total. The van der Waals surface area contributed by atoms with Gasteiger partial charge in [-0.2, -0.15) is 5.10 Å². The number of carbonyl (C=O) groups excluding carboxylic acids is 1. The molecular weight excluding hydrogens is 401 g/mol. The lowest BCUT2D eigenvalue weighted by Gasteiger charge is -2.09. The molecule has 7 nitrogen and oxygen atoms in total. The SMILES string of the molecule is Cc1noc(C)c1C(=O)Nc1n[nH]c2ccc(OCc3c(F)ccc(F)c3F)cc12. The quantitative estimate of drug-likeness (QED) is 0.470. The Kier molecular flexibility index (Phi) is 4.90. The van der Waals surface area contributed by atoms with Crippen molar-refractivity contribution in [3.8, 4) is 5.75 Å². The Balaban J connectivity index is 1.58. The molecule has 0 saturated heterocycles. The van der Waals surface area contributed by atoms with Crippen LogP contribution in [0.25, 0.3) is 10.9 Å². The largest absolute Gasteiger partial charge is 0.489 e. The minimum Gasteiger partial charge on any atom is -0.489 e. The number of aromatic nitrogens is 3. The van der Waals surface area contributed by atoms with Crippen molar-refractivity contribution in [3.63, 3.8) is 0 Å². The van der Waals surface area contributed by atoms with E-state index in [1.807, 2.05) is 0 Å². The summed E-state index contributed by atoms with van der Waals surface area (Å²) >= 11 is 0. The van der Waals surface area contributed by atoms with E-state index in [1.54, 1.807) is 26.0 Å². The number of amides is 1. The lowest BCUT2D eigenvalue weighted by molar-refractivity contribution is 0.102. The Morgan fingerprint density at radius 2 is 1.93 bits per heavy atom. The first-order valence-electron chi connectivity index (χ1n) is 8.82. The minimum atomic E-state index is -1.30. The van der Waals surface area contributed by atoms with Gasteiger partial charge in [0.2, 0.25) is 0 Å². The topological polar surface area (TPSA) is 93.0 Å². The zero-order valence-electron chi connectivity index (χ0n) is 15.8. The van der Waals surface area contributed by atoms with Crippen molar-refractivity contribution >= 4 is 22.6 Å². The summed E-state index contributed by atoms with van der Waals surface area (Å²) in [6.45, 7) is 2.75. The maximum Gasteiger partial charge on any atom is 0.262 e. The Morgan fingerprint density at radius 1 is 1.17 bits per heavy atom. The highest BCUT2D eigenvalue weighted by atomic mass is 19.2. The minimum absolute atomic E-state index is 0.226. The molecule has 2 aromatic carbocycles. The number of hydrogen-bond donors (Lipinski definition) is 2. The van der Waals surface area contributed by atoms with Gasteiger partial charge in [0.1, 0.15) is 29.5 Å². The van der Waals surface area contributed by atoms with Crippen molar-refractivity contribution in [1.29, 1.82) is 0 Å². The predicted molar refractivity (Wildman–Crippen MR) is 101 cm³/mol. The number of benzene rings is 2. The van der Waals surface area contributed by atoms with Crippen LogP contribution < -0.4 is 10.1 Å². The Bertz CT molecular complexity index is 1250. The van der Waals surface area contributed by atoms with Crippen molar-refractivity contribution < 1.29 is 27.2 Å². The van der Waals surface area contributed by atoms with Crippen LogP contribution in [0, 0.1) is 31.3 Å². The third kappa shape index (κ3) is 3.47. The molecule has 0 bridgehead atoms. The molecule has 2 heterocycles. The first kappa shape index (κ1) is 19.5. The summed E-state index contributed by atoms with van der Waals surface area (Å²) in [6, 6.07) is 6.26. The normalized spacial score (nSPS) is 11.1. The first-order chi connectivity index (χ1) is 14.3. The summed E-state index contributed by atoms with van der Waals surface area (Å²) in [4.78, 5) is 12.5. The molecule has 30 heavy (non-hydrogen) atoms. The molecule has 0 saturated carbocycles. The zero-order valence-corrected chi connectivity index (χ0v) is 15.8. The highest BCUT2D eigenvalue weighted by molar-refractivity contribution is 6.09. The molecule has 1 amide bonds. The first-order valence-corrected chi connectivity index (χ1v) is 8.82. The number of ether oxygens (including phenoxy) is 1. The van der Waals surface area contributed by atoms with Gasteiger partial charge in [0, 0.05) is 5.39 Å². The fourth-order valence-corrected chi connectivity index (χ4v) is 3.01. The smallest absolute Gasteiger partial charge is 0.262 e. The lowest BCUT2D eigenvalue weighted by Crippen LogP contribution is -2.14. The molecule has 0 unspecified atom stereocenters. The highest BCUT2D eigenvalue weighted by Gasteiger charge is 2.20. The molecule has 10 heteroatoms. The predicted octanol–water partition coefficient (Wildman–Crippen LogP) is 4.42. The van der Waals surface area contributed by atoms with Gasteiger partial charge in [-0.3, -0.25) is 9.89 Å². The third-order valence-corrected chi connectivity index (χ3v) is 4.55. The average Bonchev–Trinajstić information content (AvgIpc) is 3.27. The second-order valence-corrected chi connectivity index (χ2v) is 6.54. The summed E-state index contributed by atoms with van der Waals surface area (Å²) in [6.07, 6.45) is 0. The number of aryl methyl sites for hydroxylation is 2. The van der Waals surface area contributed by atoms with E-state index in [0.717, 1.165) is 6.07 Å². The Hall–Kier alpha value is -3.82. The van der Waals surface area contributed by atoms with E-state index in [1.165, 1.54) is 6.07 Å². The van der Waals surface area contributed by atoms with Crippen molar-refractivity contribution in [2.24, 2.45) is 0 Å². The zero-order chi connectivity index (χ0) is 21.4. The maximum atomic E-state index is 13.8. The summed E-state index contributed by atoms with van der Waals surface area (Å²) in [5.41, 5.74) is 0.817. The van der Waals surface area contributed by atoms with Crippen LogP contribution in [0.5, 0.6) is 5.75 Å². The lowest BCUT2D eigenvalue weighted by atomic mass is 10.2. The third-order valence-electron chi connectivity index (χ3n) is 4.55. The molecule has 154 valence electrons. The molecular formula is C20H15F3N4O3. The van der Waals surface area contributed by atoms with Crippen LogP contribution in [0.2, 0.25) is 0 Å². The fraction of sp³-hybridized carbons (Fsp3) is 0.150. The van der Waals surface area contributed by atoms with Gasteiger partial charge in [-0.25, -0.2) is 13.2 Å². The number of nitrogens with one attached hydrogen (secondary N) is 2. The number of rotatable bonds is 5. The second kappa shape index (κ2) is 7.54. The van der Waals surface area contributed by atoms with Crippen molar-refractivity contribution in [2.75, 3.05) is 5.32 Å². The van der Waals surface area contributed by atoms with Crippen LogP contribution in [0.1, 0.15) is 27.4 Å². The van der Waals surface area contributed by atoms with E-state index < -0.39 is 35.5 Å². The molecule has 0 atom stereocenters. The van der Waals surface area contributed by atoms with Crippen LogP contribution in [0.3, 0.4) is 0 Å². The number of hydrogen-bond acceptors (Lipinski definition) is 5. The summed E-state index contributed by atoms with van der Waals surface area (Å²) in [5.74, 6) is -2.98. The molecule has 2 aromatic heterocycles. The number of anilines is 1. The van der Waals surface area contributed by atoms with Gasteiger partial charge in [0.25, 0.3) is 5.91 Å². The van der Waals surface area contributed by atoms with Gasteiger partial charge in [0.05, 0.1) is 16.8 Å². The van der Waals surface area contributed by atoms with Crippen molar-refractivity contribution in [3.05, 3.63) is 70.4 Å². The van der Waals surface area contributed by atoms with Crippen LogP contribution in [0.4, 0.5) is 19.0 Å². The molecule has 0 aliphatic heterocycles. The van der Waals surface area contributed by atoms with Crippen LogP contribution in [-0.2, 0) is 6.61 Å². The molecule has 0 aliphatic carbocycles. The summed E-state index contributed by atoms with van der Waals surface area (Å²) in [7, 11) is 0.